The van der Waals surface area contributed by atoms with Crippen LogP contribution in [0.5, 0.6) is 0 Å². The van der Waals surface area contributed by atoms with Gasteiger partial charge in [-0.1, -0.05) is 34.8 Å². The van der Waals surface area contributed by atoms with Crippen LogP contribution in [0.15, 0.2) is 23.1 Å². The fourth-order valence-corrected chi connectivity index (χ4v) is 2.76. The van der Waals surface area contributed by atoms with Crippen LogP contribution in [-0.4, -0.2) is 9.78 Å². The highest BCUT2D eigenvalue weighted by atomic mass is 35.5. The van der Waals surface area contributed by atoms with E-state index in [4.69, 9.17) is 46.4 Å². The first-order chi connectivity index (χ1) is 10.1. The van der Waals surface area contributed by atoms with E-state index >= 15 is 0 Å². The van der Waals surface area contributed by atoms with Crippen molar-refractivity contribution in [3.63, 3.8) is 0 Å². The second-order valence-electron chi connectivity index (χ2n) is 4.50. The first-order valence-corrected chi connectivity index (χ1v) is 7.39. The van der Waals surface area contributed by atoms with E-state index in [1.54, 1.807) is 0 Å². The van der Waals surface area contributed by atoms with Crippen molar-refractivity contribution in [1.29, 1.82) is 0 Å². The summed E-state index contributed by atoms with van der Waals surface area (Å²) >= 11 is 22.8. The minimum atomic E-state index is -3.66. The van der Waals surface area contributed by atoms with Crippen molar-refractivity contribution in [3.8, 4) is 0 Å². The van der Waals surface area contributed by atoms with Crippen LogP contribution < -0.4 is 5.56 Å². The summed E-state index contributed by atoms with van der Waals surface area (Å²) in [6.45, 7) is 1.19. The lowest BCUT2D eigenvalue weighted by molar-refractivity contribution is 0.0933. The summed E-state index contributed by atoms with van der Waals surface area (Å²) in [4.78, 5) is 12.1. The Morgan fingerprint density at radius 3 is 2.50 bits per heavy atom. The van der Waals surface area contributed by atoms with Crippen molar-refractivity contribution < 1.29 is 8.78 Å². The Hall–Kier alpha value is -0.880. The van der Waals surface area contributed by atoms with Gasteiger partial charge in [0.2, 0.25) is 0 Å². The highest BCUT2D eigenvalue weighted by Crippen LogP contribution is 2.33. The molecule has 3 nitrogen and oxygen atoms in total. The molecule has 0 saturated carbocycles. The number of halogens is 6. The maximum atomic E-state index is 13.1. The van der Waals surface area contributed by atoms with Crippen LogP contribution in [0.2, 0.25) is 15.1 Å². The average Bonchev–Trinajstić information content (AvgIpc) is 2.39. The summed E-state index contributed by atoms with van der Waals surface area (Å²) < 4.78 is 27.3. The van der Waals surface area contributed by atoms with Crippen molar-refractivity contribution in [2.45, 2.75) is 18.9 Å². The molecular formula is C13H8Cl4F2N2O. The average molecular weight is 388 g/mol. The monoisotopic (exact) mass is 386 g/mol. The molecule has 0 saturated heterocycles. The molecule has 0 amide bonds. The SMILES string of the molecule is Cc1c(C(F)(F)Cl)cnn(Cc2cc(Cl)cc(Cl)c2Cl)c1=O. The number of hydrogen-bond acceptors (Lipinski definition) is 2. The van der Waals surface area contributed by atoms with Crippen molar-refractivity contribution >= 4 is 46.4 Å². The van der Waals surface area contributed by atoms with E-state index in [-0.39, 0.29) is 22.2 Å². The van der Waals surface area contributed by atoms with Crippen LogP contribution >= 0.6 is 46.4 Å². The lowest BCUT2D eigenvalue weighted by Gasteiger charge is -2.13. The van der Waals surface area contributed by atoms with Gasteiger partial charge in [-0.3, -0.25) is 4.79 Å². The Balaban J connectivity index is 2.49. The van der Waals surface area contributed by atoms with E-state index < -0.39 is 16.5 Å². The van der Waals surface area contributed by atoms with Gasteiger partial charge in [-0.25, -0.2) is 4.68 Å². The lowest BCUT2D eigenvalue weighted by Crippen LogP contribution is -2.28. The maximum absolute atomic E-state index is 13.1. The first kappa shape index (κ1) is 17.5. The predicted octanol–water partition coefficient (Wildman–Crippen LogP) is 4.85. The molecule has 0 atom stereocenters. The molecule has 9 heteroatoms. The van der Waals surface area contributed by atoms with E-state index in [2.05, 4.69) is 5.10 Å². The molecule has 0 radical (unpaired) electrons. The molecule has 2 aromatic rings. The van der Waals surface area contributed by atoms with Crippen LogP contribution in [-0.2, 0) is 11.9 Å². The molecule has 0 bridgehead atoms. The van der Waals surface area contributed by atoms with Gasteiger partial charge in [0, 0.05) is 10.6 Å². The van der Waals surface area contributed by atoms with E-state index in [0.29, 0.717) is 10.6 Å². The summed E-state index contributed by atoms with van der Waals surface area (Å²) in [6, 6.07) is 2.97. The molecule has 0 aliphatic carbocycles. The second-order valence-corrected chi connectivity index (χ2v) is 6.20. The summed E-state index contributed by atoms with van der Waals surface area (Å²) in [5.41, 5.74) is -1.09. The number of rotatable bonds is 3. The molecule has 118 valence electrons. The molecule has 2 rings (SSSR count). The third kappa shape index (κ3) is 3.54. The third-order valence-corrected chi connectivity index (χ3v) is 4.24. The topological polar surface area (TPSA) is 34.9 Å². The fraction of sp³-hybridized carbons (Fsp3) is 0.231. The van der Waals surface area contributed by atoms with Crippen LogP contribution in [0.3, 0.4) is 0 Å². The quantitative estimate of drug-likeness (QED) is 0.557. The van der Waals surface area contributed by atoms with Gasteiger partial charge < -0.3 is 0 Å². The smallest absolute Gasteiger partial charge is 0.267 e. The van der Waals surface area contributed by atoms with Gasteiger partial charge in [0.25, 0.3) is 5.56 Å². The van der Waals surface area contributed by atoms with E-state index in [1.807, 2.05) is 0 Å². The Morgan fingerprint density at radius 1 is 1.27 bits per heavy atom. The highest BCUT2D eigenvalue weighted by molar-refractivity contribution is 6.43. The van der Waals surface area contributed by atoms with Crippen LogP contribution in [0.1, 0.15) is 16.7 Å². The first-order valence-electron chi connectivity index (χ1n) is 5.88. The number of aromatic nitrogens is 2. The summed E-state index contributed by atoms with van der Waals surface area (Å²) in [5.74, 6) is 0. The molecular weight excluding hydrogens is 380 g/mol. The molecule has 22 heavy (non-hydrogen) atoms. The Morgan fingerprint density at radius 2 is 1.91 bits per heavy atom. The van der Waals surface area contributed by atoms with Gasteiger partial charge >= 0.3 is 5.38 Å². The lowest BCUT2D eigenvalue weighted by atomic mass is 10.2. The van der Waals surface area contributed by atoms with Crippen LogP contribution in [0.4, 0.5) is 8.78 Å². The minimum absolute atomic E-state index is 0.0626. The highest BCUT2D eigenvalue weighted by Gasteiger charge is 2.31. The molecule has 1 aromatic carbocycles. The van der Waals surface area contributed by atoms with Gasteiger partial charge in [0.05, 0.1) is 28.4 Å². The number of benzene rings is 1. The Kier molecular flexibility index (Phi) is 5.02. The van der Waals surface area contributed by atoms with Gasteiger partial charge in [0.15, 0.2) is 0 Å². The molecule has 1 heterocycles. The molecule has 0 aliphatic rings. The molecule has 0 spiro atoms. The standard InChI is InChI=1S/C13H8Cl4F2N2O/c1-6-9(13(17,18)19)4-20-21(12(6)22)5-7-2-8(14)3-10(15)11(7)16/h2-4H,5H2,1H3. The fourth-order valence-electron chi connectivity index (χ4n) is 1.87. The van der Waals surface area contributed by atoms with Gasteiger partial charge in [-0.15, -0.1) is 0 Å². The van der Waals surface area contributed by atoms with Gasteiger partial charge in [-0.05, 0) is 36.2 Å². The zero-order chi connectivity index (χ0) is 16.7. The molecule has 0 aliphatic heterocycles. The number of nitrogens with zero attached hydrogens (tertiary/aromatic N) is 2. The summed E-state index contributed by atoms with van der Waals surface area (Å²) in [6.07, 6.45) is 0.851. The van der Waals surface area contributed by atoms with Crippen molar-refractivity contribution in [2.24, 2.45) is 0 Å². The summed E-state index contributed by atoms with van der Waals surface area (Å²) in [5, 5.41) is 0.800. The largest absolute Gasteiger partial charge is 0.350 e. The summed E-state index contributed by atoms with van der Waals surface area (Å²) in [7, 11) is 0. The van der Waals surface area contributed by atoms with Crippen molar-refractivity contribution in [1.82, 2.24) is 9.78 Å². The third-order valence-electron chi connectivity index (χ3n) is 2.98. The maximum Gasteiger partial charge on any atom is 0.350 e. The van der Waals surface area contributed by atoms with Gasteiger partial charge in [0.1, 0.15) is 0 Å². The van der Waals surface area contributed by atoms with Crippen molar-refractivity contribution in [3.05, 3.63) is 60.4 Å². The second kappa shape index (κ2) is 6.32. The van der Waals surface area contributed by atoms with Crippen molar-refractivity contribution in [2.75, 3.05) is 0 Å². The van der Waals surface area contributed by atoms with E-state index in [9.17, 15) is 13.6 Å². The zero-order valence-electron chi connectivity index (χ0n) is 11.0. The number of hydrogen-bond donors (Lipinski definition) is 0. The van der Waals surface area contributed by atoms with E-state index in [1.165, 1.54) is 19.1 Å². The number of alkyl halides is 3. The molecule has 0 N–H and O–H groups in total. The minimum Gasteiger partial charge on any atom is -0.267 e. The van der Waals surface area contributed by atoms with Gasteiger partial charge in [-0.2, -0.15) is 13.9 Å². The molecule has 0 fully saturated rings. The molecule has 0 unspecified atom stereocenters. The van der Waals surface area contributed by atoms with E-state index in [0.717, 1.165) is 10.9 Å². The van der Waals surface area contributed by atoms with Crippen LogP contribution in [0, 0.1) is 6.92 Å². The Labute approximate surface area is 144 Å². The normalized spacial score (nSPS) is 11.8. The Bertz CT molecular complexity index is 787. The zero-order valence-corrected chi connectivity index (χ0v) is 14.0. The predicted molar refractivity (Wildman–Crippen MR) is 83.6 cm³/mol. The van der Waals surface area contributed by atoms with Crippen LogP contribution in [0.25, 0.3) is 0 Å². The molecule has 1 aromatic heterocycles.